The van der Waals surface area contributed by atoms with Crippen molar-refractivity contribution in [2.75, 3.05) is 0 Å². The second kappa shape index (κ2) is 10.1. The lowest BCUT2D eigenvalue weighted by atomic mass is 10.1. The van der Waals surface area contributed by atoms with Crippen LogP contribution in [0.4, 0.5) is 13.2 Å². The van der Waals surface area contributed by atoms with E-state index in [-0.39, 0.29) is 5.75 Å². The molecule has 1 heterocycles. The Bertz CT molecular complexity index is 726. The second-order valence-electron chi connectivity index (χ2n) is 5.07. The lowest BCUT2D eigenvalue weighted by Crippen LogP contribution is -2.37. The number of carboxylic acids is 2. The number of hydrogen-bond acceptors (Lipinski definition) is 5. The number of carbonyl (C=O) groups is 2. The van der Waals surface area contributed by atoms with E-state index in [1.165, 1.54) is 12.1 Å². The zero-order valence-electron chi connectivity index (χ0n) is 13.5. The van der Waals surface area contributed by atoms with Crippen LogP contribution in [-0.4, -0.2) is 33.8 Å². The molecule has 6 nitrogen and oxygen atoms in total. The third-order valence-electron chi connectivity index (χ3n) is 3.00. The van der Waals surface area contributed by atoms with Crippen LogP contribution in [-0.2, 0) is 22.2 Å². The third kappa shape index (κ3) is 8.29. The highest BCUT2D eigenvalue weighted by molar-refractivity contribution is 7.07. The molecule has 0 radical (unpaired) electrons. The third-order valence-corrected chi connectivity index (χ3v) is 4.14. The fraction of sp³-hybridized carbons (Fsp3) is 0.250. The van der Waals surface area contributed by atoms with E-state index in [0.717, 1.165) is 17.7 Å². The Morgan fingerprint density at radius 2 is 1.70 bits per heavy atom. The zero-order chi connectivity index (χ0) is 20.6. The first kappa shape index (κ1) is 22.7. The first-order valence-electron chi connectivity index (χ1n) is 7.21. The summed E-state index contributed by atoms with van der Waals surface area (Å²) in [5, 5.41) is 18.2. The predicted molar refractivity (Wildman–Crippen MR) is 93.0 cm³/mol. The molecule has 0 amide bonds. The topological polar surface area (TPSA) is 110 Å². The highest BCUT2D eigenvalue weighted by Gasteiger charge is 2.30. The minimum atomic E-state index is -4.37. The molecule has 2 unspecified atom stereocenters. The van der Waals surface area contributed by atoms with E-state index in [4.69, 9.17) is 41.9 Å². The molecule has 0 aliphatic heterocycles. The summed E-state index contributed by atoms with van der Waals surface area (Å²) in [5.41, 5.74) is 6.13. The van der Waals surface area contributed by atoms with E-state index in [1.54, 1.807) is 11.3 Å². The summed E-state index contributed by atoms with van der Waals surface area (Å²) >= 11 is 7.71. The standard InChI is InChI=1S/C14H13ClF3NOS.C2H2O4/c15-12(7-9-5-6-21-8-9)13(19)20-11-3-1-10(2-4-11)14(16,17)18;3-1(4)2(5)6/h1-6,8,12-13H,7,19H2;(H,3,4)(H,5,6). The summed E-state index contributed by atoms with van der Waals surface area (Å²) in [6, 6.07) is 6.30. The minimum absolute atomic E-state index is 0.256. The van der Waals surface area contributed by atoms with E-state index in [0.29, 0.717) is 6.42 Å². The van der Waals surface area contributed by atoms with Crippen LogP contribution in [0.3, 0.4) is 0 Å². The number of halogens is 4. The van der Waals surface area contributed by atoms with E-state index in [2.05, 4.69) is 0 Å². The van der Waals surface area contributed by atoms with Crippen molar-refractivity contribution in [3.8, 4) is 5.75 Å². The van der Waals surface area contributed by atoms with Crippen molar-refractivity contribution >= 4 is 34.9 Å². The zero-order valence-corrected chi connectivity index (χ0v) is 15.1. The van der Waals surface area contributed by atoms with Gasteiger partial charge in [0.05, 0.1) is 10.9 Å². The van der Waals surface area contributed by atoms with Gasteiger partial charge in [-0.05, 0) is 53.1 Å². The van der Waals surface area contributed by atoms with Gasteiger partial charge < -0.3 is 14.9 Å². The summed E-state index contributed by atoms with van der Waals surface area (Å²) in [6.45, 7) is 0. The Hall–Kier alpha value is -2.30. The van der Waals surface area contributed by atoms with Crippen LogP contribution in [0, 0.1) is 0 Å². The van der Waals surface area contributed by atoms with Gasteiger partial charge in [-0.25, -0.2) is 9.59 Å². The molecule has 27 heavy (non-hydrogen) atoms. The predicted octanol–water partition coefficient (Wildman–Crippen LogP) is 3.44. The number of rotatable bonds is 5. The molecule has 2 rings (SSSR count). The van der Waals surface area contributed by atoms with Crippen LogP contribution in [0.25, 0.3) is 0 Å². The van der Waals surface area contributed by atoms with Gasteiger partial charge in [0.2, 0.25) is 0 Å². The number of carboxylic acid groups (broad SMARTS) is 2. The van der Waals surface area contributed by atoms with Crippen molar-refractivity contribution in [3.63, 3.8) is 0 Å². The highest BCUT2D eigenvalue weighted by atomic mass is 35.5. The lowest BCUT2D eigenvalue weighted by molar-refractivity contribution is -0.159. The number of nitrogens with two attached hydrogens (primary N) is 1. The van der Waals surface area contributed by atoms with Gasteiger partial charge in [-0.2, -0.15) is 24.5 Å². The smallest absolute Gasteiger partial charge is 0.416 e. The molecule has 0 saturated heterocycles. The molecule has 0 spiro atoms. The summed E-state index contributed by atoms with van der Waals surface area (Å²) in [4.78, 5) is 18.2. The maximum absolute atomic E-state index is 12.4. The van der Waals surface area contributed by atoms with Crippen molar-refractivity contribution < 1.29 is 37.7 Å². The SMILES string of the molecule is NC(Oc1ccc(C(F)(F)F)cc1)C(Cl)Cc1ccsc1.O=C(O)C(=O)O. The quantitative estimate of drug-likeness (QED) is 0.384. The Morgan fingerprint density at radius 3 is 2.11 bits per heavy atom. The van der Waals surface area contributed by atoms with Crippen molar-refractivity contribution in [3.05, 3.63) is 52.2 Å². The number of thiophene rings is 1. The van der Waals surface area contributed by atoms with Crippen LogP contribution in [0.5, 0.6) is 5.75 Å². The van der Waals surface area contributed by atoms with Crippen molar-refractivity contribution in [2.45, 2.75) is 24.2 Å². The van der Waals surface area contributed by atoms with Crippen LogP contribution in [0.15, 0.2) is 41.1 Å². The molecule has 0 aliphatic carbocycles. The molecule has 4 N–H and O–H groups in total. The number of ether oxygens (including phenoxy) is 1. The molecule has 0 saturated carbocycles. The maximum Gasteiger partial charge on any atom is 0.416 e. The van der Waals surface area contributed by atoms with Gasteiger partial charge in [0.1, 0.15) is 5.75 Å². The Kier molecular flexibility index (Phi) is 8.54. The molecule has 1 aromatic heterocycles. The number of benzene rings is 1. The highest BCUT2D eigenvalue weighted by Crippen LogP contribution is 2.30. The average molecular weight is 426 g/mol. The van der Waals surface area contributed by atoms with Gasteiger partial charge in [-0.15, -0.1) is 11.6 Å². The van der Waals surface area contributed by atoms with Crippen molar-refractivity contribution in [1.82, 2.24) is 0 Å². The molecule has 0 fully saturated rings. The van der Waals surface area contributed by atoms with E-state index in [9.17, 15) is 13.2 Å². The molecule has 2 atom stereocenters. The number of alkyl halides is 4. The van der Waals surface area contributed by atoms with Gasteiger partial charge in [-0.3, -0.25) is 5.73 Å². The lowest BCUT2D eigenvalue weighted by Gasteiger charge is -2.19. The monoisotopic (exact) mass is 425 g/mol. The van der Waals surface area contributed by atoms with Crippen LogP contribution >= 0.6 is 22.9 Å². The van der Waals surface area contributed by atoms with E-state index >= 15 is 0 Å². The number of hydrogen-bond donors (Lipinski definition) is 3. The normalized spacial score (nSPS) is 13.1. The Balaban J connectivity index is 0.000000527. The van der Waals surface area contributed by atoms with Crippen molar-refractivity contribution in [1.29, 1.82) is 0 Å². The fourth-order valence-corrected chi connectivity index (χ4v) is 2.61. The molecule has 11 heteroatoms. The summed E-state index contributed by atoms with van der Waals surface area (Å²) in [5.74, 6) is -3.39. The maximum atomic E-state index is 12.4. The second-order valence-corrected chi connectivity index (χ2v) is 6.41. The van der Waals surface area contributed by atoms with E-state index in [1.807, 2.05) is 16.8 Å². The summed E-state index contributed by atoms with van der Waals surface area (Å²) in [6.07, 6.45) is -4.63. The van der Waals surface area contributed by atoms with Gasteiger partial charge in [-0.1, -0.05) is 0 Å². The molecule has 0 aliphatic rings. The molecule has 2 aromatic rings. The largest absolute Gasteiger partial charge is 0.474 e. The number of aliphatic carboxylic acids is 2. The minimum Gasteiger partial charge on any atom is -0.474 e. The van der Waals surface area contributed by atoms with Crippen molar-refractivity contribution in [2.24, 2.45) is 5.73 Å². The van der Waals surface area contributed by atoms with Gasteiger partial charge in [0.15, 0.2) is 6.23 Å². The summed E-state index contributed by atoms with van der Waals surface area (Å²) in [7, 11) is 0. The van der Waals surface area contributed by atoms with Crippen LogP contribution in [0.1, 0.15) is 11.1 Å². The van der Waals surface area contributed by atoms with Gasteiger partial charge >= 0.3 is 18.1 Å². The first-order chi connectivity index (χ1) is 12.5. The molecule has 0 bridgehead atoms. The van der Waals surface area contributed by atoms with Gasteiger partial charge in [0, 0.05) is 0 Å². The first-order valence-corrected chi connectivity index (χ1v) is 8.59. The van der Waals surface area contributed by atoms with Crippen LogP contribution in [0.2, 0.25) is 0 Å². The van der Waals surface area contributed by atoms with Crippen LogP contribution < -0.4 is 10.5 Å². The summed E-state index contributed by atoms with van der Waals surface area (Å²) < 4.78 is 42.7. The molecule has 148 valence electrons. The Labute approximate surface area is 160 Å². The molecule has 1 aromatic carbocycles. The van der Waals surface area contributed by atoms with Gasteiger partial charge in [0.25, 0.3) is 0 Å². The van der Waals surface area contributed by atoms with E-state index < -0.39 is 35.3 Å². The average Bonchev–Trinajstić information content (AvgIpc) is 3.08. The molecular formula is C16H15ClF3NO5S. The Morgan fingerprint density at radius 1 is 1.15 bits per heavy atom. The fourth-order valence-electron chi connectivity index (χ4n) is 1.70. The molecular weight excluding hydrogens is 411 g/mol.